The number of nitrogens with one attached hydrogen (secondary N) is 2. The molecule has 1 aromatic rings. The van der Waals surface area contributed by atoms with Crippen LogP contribution in [0.5, 0.6) is 0 Å². The molecule has 6 nitrogen and oxygen atoms in total. The molecule has 116 valence electrons. The molecule has 3 rings (SSSR count). The Labute approximate surface area is 132 Å². The SMILES string of the molecule is CC(O)CN1CC2=C(C1=O)C(c1ccccc1Cl)NC(=O)N2. The first-order valence-corrected chi connectivity index (χ1v) is 7.37. The van der Waals surface area contributed by atoms with Crippen LogP contribution in [0.4, 0.5) is 4.79 Å². The maximum atomic E-state index is 12.6. The van der Waals surface area contributed by atoms with E-state index < -0.39 is 12.1 Å². The summed E-state index contributed by atoms with van der Waals surface area (Å²) in [7, 11) is 0. The summed E-state index contributed by atoms with van der Waals surface area (Å²) >= 11 is 6.20. The number of benzene rings is 1. The van der Waals surface area contributed by atoms with Crippen molar-refractivity contribution in [2.24, 2.45) is 0 Å². The Morgan fingerprint density at radius 1 is 1.41 bits per heavy atom. The van der Waals surface area contributed by atoms with Gasteiger partial charge in [-0.25, -0.2) is 4.79 Å². The van der Waals surface area contributed by atoms with Crippen LogP contribution in [0, 0.1) is 0 Å². The van der Waals surface area contributed by atoms with Crippen molar-refractivity contribution < 1.29 is 14.7 Å². The van der Waals surface area contributed by atoms with Crippen LogP contribution in [-0.4, -0.2) is 41.1 Å². The van der Waals surface area contributed by atoms with Crippen molar-refractivity contribution >= 4 is 23.5 Å². The smallest absolute Gasteiger partial charge is 0.319 e. The van der Waals surface area contributed by atoms with Gasteiger partial charge in [-0.2, -0.15) is 0 Å². The average Bonchev–Trinajstić information content (AvgIpc) is 2.74. The molecule has 3 N–H and O–H groups in total. The monoisotopic (exact) mass is 321 g/mol. The molecule has 2 heterocycles. The molecule has 1 aromatic carbocycles. The molecule has 0 spiro atoms. The molecule has 0 saturated carbocycles. The highest BCUT2D eigenvalue weighted by Crippen LogP contribution is 2.35. The van der Waals surface area contributed by atoms with Gasteiger partial charge >= 0.3 is 6.03 Å². The van der Waals surface area contributed by atoms with Crippen molar-refractivity contribution in [1.29, 1.82) is 0 Å². The summed E-state index contributed by atoms with van der Waals surface area (Å²) in [6, 6.07) is 6.16. The lowest BCUT2D eigenvalue weighted by Gasteiger charge is -2.26. The van der Waals surface area contributed by atoms with E-state index in [1.165, 1.54) is 4.90 Å². The van der Waals surface area contributed by atoms with Gasteiger partial charge in [-0.15, -0.1) is 0 Å². The lowest BCUT2D eigenvalue weighted by atomic mass is 9.96. The van der Waals surface area contributed by atoms with Gasteiger partial charge in [0.15, 0.2) is 0 Å². The molecule has 2 unspecified atom stereocenters. The van der Waals surface area contributed by atoms with Gasteiger partial charge in [0.2, 0.25) is 0 Å². The van der Waals surface area contributed by atoms with Crippen LogP contribution in [0.1, 0.15) is 18.5 Å². The van der Waals surface area contributed by atoms with Gasteiger partial charge in [0.1, 0.15) is 0 Å². The third-order valence-electron chi connectivity index (χ3n) is 3.72. The summed E-state index contributed by atoms with van der Waals surface area (Å²) in [5.74, 6) is -0.201. The topological polar surface area (TPSA) is 81.7 Å². The number of aliphatic hydroxyl groups is 1. The van der Waals surface area contributed by atoms with Gasteiger partial charge in [0.25, 0.3) is 5.91 Å². The molecule has 22 heavy (non-hydrogen) atoms. The maximum Gasteiger partial charge on any atom is 0.319 e. The lowest BCUT2D eigenvalue weighted by molar-refractivity contribution is -0.126. The molecule has 0 aromatic heterocycles. The molecule has 2 atom stereocenters. The van der Waals surface area contributed by atoms with Gasteiger partial charge in [-0.05, 0) is 18.6 Å². The first-order valence-electron chi connectivity index (χ1n) is 6.99. The highest BCUT2D eigenvalue weighted by atomic mass is 35.5. The lowest BCUT2D eigenvalue weighted by Crippen LogP contribution is -2.44. The Balaban J connectivity index is 1.98. The van der Waals surface area contributed by atoms with Crippen LogP contribution in [-0.2, 0) is 4.79 Å². The highest BCUT2D eigenvalue weighted by Gasteiger charge is 2.41. The minimum absolute atomic E-state index is 0.201. The van der Waals surface area contributed by atoms with Gasteiger partial charge < -0.3 is 20.6 Å². The van der Waals surface area contributed by atoms with E-state index in [0.717, 1.165) is 0 Å². The zero-order valence-corrected chi connectivity index (χ0v) is 12.7. The summed E-state index contributed by atoms with van der Waals surface area (Å²) in [6.45, 7) is 2.12. The first kappa shape index (κ1) is 14.9. The van der Waals surface area contributed by atoms with Crippen LogP contribution >= 0.6 is 11.6 Å². The largest absolute Gasteiger partial charge is 0.392 e. The number of amides is 3. The second-order valence-electron chi connectivity index (χ2n) is 5.48. The predicted molar refractivity (Wildman–Crippen MR) is 81.1 cm³/mol. The molecule has 2 aliphatic rings. The minimum Gasteiger partial charge on any atom is -0.392 e. The van der Waals surface area contributed by atoms with Crippen molar-refractivity contribution in [3.05, 3.63) is 46.1 Å². The Kier molecular flexibility index (Phi) is 3.80. The van der Waals surface area contributed by atoms with Crippen LogP contribution in [0.3, 0.4) is 0 Å². The molecule has 7 heteroatoms. The normalized spacial score (nSPS) is 22.3. The summed E-state index contributed by atoms with van der Waals surface area (Å²) < 4.78 is 0. The summed E-state index contributed by atoms with van der Waals surface area (Å²) in [5.41, 5.74) is 1.73. The van der Waals surface area contributed by atoms with E-state index in [1.54, 1.807) is 25.1 Å². The number of carbonyl (C=O) groups is 2. The number of aliphatic hydroxyl groups excluding tert-OH is 1. The number of urea groups is 1. The number of halogens is 1. The van der Waals surface area contributed by atoms with E-state index in [1.807, 2.05) is 6.07 Å². The van der Waals surface area contributed by atoms with Crippen molar-refractivity contribution in [2.45, 2.75) is 19.1 Å². The van der Waals surface area contributed by atoms with Gasteiger partial charge in [-0.1, -0.05) is 29.8 Å². The van der Waals surface area contributed by atoms with Gasteiger partial charge in [0, 0.05) is 11.6 Å². The van der Waals surface area contributed by atoms with E-state index in [9.17, 15) is 14.7 Å². The summed E-state index contributed by atoms with van der Waals surface area (Å²) in [6.07, 6.45) is -0.632. The van der Waals surface area contributed by atoms with Crippen molar-refractivity contribution in [3.8, 4) is 0 Å². The molecule has 0 fully saturated rings. The molecular weight excluding hydrogens is 306 g/mol. The molecular formula is C15H16ClN3O3. The molecule has 2 aliphatic heterocycles. The minimum atomic E-state index is -0.632. The third kappa shape index (κ3) is 2.55. The maximum absolute atomic E-state index is 12.6. The molecule has 0 aliphatic carbocycles. The Morgan fingerprint density at radius 2 is 2.14 bits per heavy atom. The van der Waals surface area contributed by atoms with Crippen molar-refractivity contribution in [1.82, 2.24) is 15.5 Å². The fraction of sp³-hybridized carbons (Fsp3) is 0.333. The zero-order valence-electron chi connectivity index (χ0n) is 12.0. The third-order valence-corrected chi connectivity index (χ3v) is 4.07. The first-order chi connectivity index (χ1) is 10.5. The molecule has 0 saturated heterocycles. The number of hydrogen-bond donors (Lipinski definition) is 3. The second-order valence-corrected chi connectivity index (χ2v) is 5.89. The quantitative estimate of drug-likeness (QED) is 0.781. The van der Waals surface area contributed by atoms with Crippen LogP contribution in [0.15, 0.2) is 35.5 Å². The molecule has 0 bridgehead atoms. The van der Waals surface area contributed by atoms with E-state index in [2.05, 4.69) is 10.6 Å². The van der Waals surface area contributed by atoms with Gasteiger partial charge in [-0.3, -0.25) is 4.79 Å². The van der Waals surface area contributed by atoms with E-state index in [4.69, 9.17) is 11.6 Å². The fourth-order valence-corrected chi connectivity index (χ4v) is 3.08. The van der Waals surface area contributed by atoms with Gasteiger partial charge in [0.05, 0.1) is 30.0 Å². The Bertz CT molecular complexity index is 672. The zero-order chi connectivity index (χ0) is 15.9. The van der Waals surface area contributed by atoms with E-state index in [-0.39, 0.29) is 25.0 Å². The van der Waals surface area contributed by atoms with E-state index in [0.29, 0.717) is 21.9 Å². The number of hydrogen-bond acceptors (Lipinski definition) is 3. The predicted octanol–water partition coefficient (Wildman–Crippen LogP) is 1.17. The van der Waals surface area contributed by atoms with Crippen LogP contribution < -0.4 is 10.6 Å². The second kappa shape index (κ2) is 5.62. The highest BCUT2D eigenvalue weighted by molar-refractivity contribution is 6.31. The molecule has 0 radical (unpaired) electrons. The summed E-state index contributed by atoms with van der Waals surface area (Å²) in [5, 5.41) is 15.4. The van der Waals surface area contributed by atoms with Crippen LogP contribution in [0.25, 0.3) is 0 Å². The van der Waals surface area contributed by atoms with Crippen molar-refractivity contribution in [3.63, 3.8) is 0 Å². The average molecular weight is 322 g/mol. The number of rotatable bonds is 3. The Morgan fingerprint density at radius 3 is 2.82 bits per heavy atom. The molecule has 3 amide bonds. The number of β-amino-alcohol motifs (C(OH)–C–C–N with tert-alkyl or cyclic N) is 1. The van der Waals surface area contributed by atoms with Crippen LogP contribution in [0.2, 0.25) is 5.02 Å². The summed E-state index contributed by atoms with van der Waals surface area (Å²) in [4.78, 5) is 26.0. The van der Waals surface area contributed by atoms with E-state index >= 15 is 0 Å². The standard InChI is InChI=1S/C15H16ClN3O3/c1-8(20)6-19-7-11-12(14(19)21)13(18-15(22)17-11)9-4-2-3-5-10(9)16/h2-5,8,13,20H,6-7H2,1H3,(H2,17,18,22). The number of nitrogens with zero attached hydrogens (tertiary/aromatic N) is 1. The van der Waals surface area contributed by atoms with Crippen molar-refractivity contribution in [2.75, 3.05) is 13.1 Å². The Hall–Kier alpha value is -2.05. The fourth-order valence-electron chi connectivity index (χ4n) is 2.84. The number of carbonyl (C=O) groups excluding carboxylic acids is 2.